The van der Waals surface area contributed by atoms with Crippen molar-refractivity contribution in [3.05, 3.63) is 71.9 Å². The highest BCUT2D eigenvalue weighted by Gasteiger charge is 2.17. The van der Waals surface area contributed by atoms with E-state index in [-0.39, 0.29) is 5.91 Å². The molecule has 34 heavy (non-hydrogen) atoms. The second-order valence-corrected chi connectivity index (χ2v) is 9.63. The van der Waals surface area contributed by atoms with E-state index in [0.717, 1.165) is 48.1 Å². The van der Waals surface area contributed by atoms with Crippen LogP contribution in [0.2, 0.25) is 0 Å². The highest BCUT2D eigenvalue weighted by atomic mass is 16.1. The van der Waals surface area contributed by atoms with Gasteiger partial charge in [-0.3, -0.25) is 4.79 Å². The number of nitrogens with one attached hydrogen (secondary N) is 1. The van der Waals surface area contributed by atoms with E-state index in [2.05, 4.69) is 54.7 Å². The number of carbonyl (C=O) groups excluding carboxylic acids is 1. The Hall–Kier alpha value is -2.92. The van der Waals surface area contributed by atoms with Crippen LogP contribution in [-0.4, -0.2) is 46.8 Å². The lowest BCUT2D eigenvalue weighted by atomic mass is 9.94. The third-order valence-corrected chi connectivity index (χ3v) is 6.96. The number of nitrogens with zero attached hydrogens (tertiary/aromatic N) is 3. The van der Waals surface area contributed by atoms with Gasteiger partial charge in [0, 0.05) is 30.8 Å². The molecular weight excluding hydrogens is 420 g/mol. The van der Waals surface area contributed by atoms with Crippen LogP contribution >= 0.6 is 0 Å². The molecule has 0 unspecified atom stereocenters. The van der Waals surface area contributed by atoms with Gasteiger partial charge in [0.15, 0.2) is 0 Å². The van der Waals surface area contributed by atoms with Crippen LogP contribution in [-0.2, 0) is 11.2 Å². The van der Waals surface area contributed by atoms with E-state index in [0.29, 0.717) is 12.8 Å². The molecular formula is C29H38N4O. The first kappa shape index (κ1) is 24.2. The number of aryl methyl sites for hydroxylation is 2. The van der Waals surface area contributed by atoms with Crippen LogP contribution in [0, 0.1) is 6.92 Å². The lowest BCUT2D eigenvalue weighted by Gasteiger charge is -2.31. The first-order valence-electron chi connectivity index (χ1n) is 12.8. The molecule has 0 radical (unpaired) electrons. The van der Waals surface area contributed by atoms with E-state index in [4.69, 9.17) is 5.10 Å². The van der Waals surface area contributed by atoms with E-state index in [1.165, 1.54) is 37.7 Å². The molecule has 1 fully saturated rings. The summed E-state index contributed by atoms with van der Waals surface area (Å²) >= 11 is 0. The average Bonchev–Trinajstić information content (AvgIpc) is 3.31. The minimum atomic E-state index is 0.114. The molecule has 0 spiro atoms. The second-order valence-electron chi connectivity index (χ2n) is 9.63. The van der Waals surface area contributed by atoms with E-state index in [1.807, 2.05) is 35.0 Å². The lowest BCUT2D eigenvalue weighted by Crippen LogP contribution is -2.35. The van der Waals surface area contributed by atoms with E-state index < -0.39 is 0 Å². The zero-order valence-electron chi connectivity index (χ0n) is 20.7. The molecule has 3 aromatic rings. The van der Waals surface area contributed by atoms with Gasteiger partial charge in [-0.25, -0.2) is 4.68 Å². The van der Waals surface area contributed by atoms with Gasteiger partial charge in [0.2, 0.25) is 5.91 Å². The molecule has 5 nitrogen and oxygen atoms in total. The van der Waals surface area contributed by atoms with Crippen molar-refractivity contribution in [1.82, 2.24) is 20.0 Å². The Morgan fingerprint density at radius 1 is 1.06 bits per heavy atom. The summed E-state index contributed by atoms with van der Waals surface area (Å²) in [5.74, 6) is 0.114. The fourth-order valence-corrected chi connectivity index (χ4v) is 4.86. The van der Waals surface area contributed by atoms with Crippen molar-refractivity contribution >= 4 is 5.91 Å². The number of carbonyl (C=O) groups is 1. The number of hydrogen-bond acceptors (Lipinski definition) is 3. The topological polar surface area (TPSA) is 50.2 Å². The number of benzene rings is 2. The quantitative estimate of drug-likeness (QED) is 0.405. The predicted octanol–water partition coefficient (Wildman–Crippen LogP) is 5.55. The number of rotatable bonds is 10. The number of amides is 1. The molecule has 1 saturated carbocycles. The number of hydrogen-bond donors (Lipinski definition) is 1. The van der Waals surface area contributed by atoms with Crippen molar-refractivity contribution in [3.8, 4) is 16.9 Å². The summed E-state index contributed by atoms with van der Waals surface area (Å²) in [7, 11) is 2.23. The zero-order chi connectivity index (χ0) is 23.8. The Bertz CT molecular complexity index is 1040. The molecule has 1 aliphatic carbocycles. The summed E-state index contributed by atoms with van der Waals surface area (Å²) < 4.78 is 1.92. The van der Waals surface area contributed by atoms with Crippen molar-refractivity contribution in [3.63, 3.8) is 0 Å². The molecule has 1 aliphatic rings. The Labute approximate surface area is 204 Å². The van der Waals surface area contributed by atoms with Crippen molar-refractivity contribution in [1.29, 1.82) is 0 Å². The third-order valence-electron chi connectivity index (χ3n) is 6.96. The first-order valence-corrected chi connectivity index (χ1v) is 12.8. The van der Waals surface area contributed by atoms with Gasteiger partial charge in [0.05, 0.1) is 11.4 Å². The molecule has 1 aromatic heterocycles. The monoisotopic (exact) mass is 458 g/mol. The minimum absolute atomic E-state index is 0.114. The van der Waals surface area contributed by atoms with Crippen LogP contribution in [0.25, 0.3) is 16.9 Å². The summed E-state index contributed by atoms with van der Waals surface area (Å²) in [6.07, 6.45) is 11.0. The molecule has 0 saturated heterocycles. The van der Waals surface area contributed by atoms with Crippen LogP contribution in [0.4, 0.5) is 0 Å². The predicted molar refractivity (Wildman–Crippen MR) is 139 cm³/mol. The number of aromatic nitrogens is 2. The Kier molecular flexibility index (Phi) is 8.53. The molecule has 180 valence electrons. The maximum absolute atomic E-state index is 12.6. The van der Waals surface area contributed by atoms with Gasteiger partial charge in [-0.15, -0.1) is 0 Å². The third kappa shape index (κ3) is 6.57. The highest BCUT2D eigenvalue weighted by Crippen LogP contribution is 2.25. The van der Waals surface area contributed by atoms with Crippen LogP contribution in [0.3, 0.4) is 0 Å². The summed E-state index contributed by atoms with van der Waals surface area (Å²) in [6, 6.07) is 19.3. The number of para-hydroxylation sites is 1. The van der Waals surface area contributed by atoms with Crippen LogP contribution in [0.5, 0.6) is 0 Å². The molecule has 4 rings (SSSR count). The summed E-state index contributed by atoms with van der Waals surface area (Å²) in [5, 5.41) is 8.00. The van der Waals surface area contributed by atoms with Gasteiger partial charge in [-0.2, -0.15) is 5.10 Å². The fraction of sp³-hybridized carbons (Fsp3) is 0.448. The van der Waals surface area contributed by atoms with Crippen molar-refractivity contribution in [2.45, 2.75) is 64.3 Å². The van der Waals surface area contributed by atoms with Crippen LogP contribution in [0.15, 0.2) is 60.8 Å². The van der Waals surface area contributed by atoms with Crippen LogP contribution < -0.4 is 5.32 Å². The van der Waals surface area contributed by atoms with Gasteiger partial charge in [-0.05, 0) is 63.9 Å². The largest absolute Gasteiger partial charge is 0.356 e. The molecule has 1 N–H and O–H groups in total. The summed E-state index contributed by atoms with van der Waals surface area (Å²) in [6.45, 7) is 3.88. The maximum Gasteiger partial charge on any atom is 0.220 e. The SMILES string of the molecule is Cc1ccc(-c2nn(-c3ccccc3)cc2CCC(=O)NCCCN(C)C2CCCCC2)cc1. The van der Waals surface area contributed by atoms with E-state index in [1.54, 1.807) is 0 Å². The fourth-order valence-electron chi connectivity index (χ4n) is 4.86. The van der Waals surface area contributed by atoms with Crippen molar-refractivity contribution < 1.29 is 4.79 Å². The molecule has 1 heterocycles. The second kappa shape index (κ2) is 12.0. The van der Waals surface area contributed by atoms with Gasteiger partial charge in [0.25, 0.3) is 0 Å². The van der Waals surface area contributed by atoms with Gasteiger partial charge in [0.1, 0.15) is 0 Å². The molecule has 0 bridgehead atoms. The van der Waals surface area contributed by atoms with Gasteiger partial charge in [-0.1, -0.05) is 67.3 Å². The smallest absolute Gasteiger partial charge is 0.220 e. The van der Waals surface area contributed by atoms with Gasteiger partial charge >= 0.3 is 0 Å². The average molecular weight is 459 g/mol. The Morgan fingerprint density at radius 3 is 2.53 bits per heavy atom. The normalized spacial score (nSPS) is 14.4. The van der Waals surface area contributed by atoms with E-state index >= 15 is 0 Å². The summed E-state index contributed by atoms with van der Waals surface area (Å²) in [4.78, 5) is 15.1. The molecule has 5 heteroatoms. The zero-order valence-corrected chi connectivity index (χ0v) is 20.7. The molecule has 2 aromatic carbocycles. The summed E-state index contributed by atoms with van der Waals surface area (Å²) in [5.41, 5.74) is 5.38. The van der Waals surface area contributed by atoms with Crippen LogP contribution in [0.1, 0.15) is 56.1 Å². The first-order chi connectivity index (χ1) is 16.6. The molecule has 0 aliphatic heterocycles. The van der Waals surface area contributed by atoms with Gasteiger partial charge < -0.3 is 10.2 Å². The minimum Gasteiger partial charge on any atom is -0.356 e. The lowest BCUT2D eigenvalue weighted by molar-refractivity contribution is -0.121. The Morgan fingerprint density at radius 2 is 1.79 bits per heavy atom. The highest BCUT2D eigenvalue weighted by molar-refractivity contribution is 5.76. The molecule has 0 atom stereocenters. The Balaban J connectivity index is 1.32. The maximum atomic E-state index is 12.6. The van der Waals surface area contributed by atoms with E-state index in [9.17, 15) is 4.79 Å². The standard InChI is InChI=1S/C29H38N4O/c1-23-14-16-24(17-15-23)29-25(22-33(31-29)27-12-7-4-8-13-27)18-19-28(34)30-20-9-21-32(2)26-10-5-3-6-11-26/h4,7-8,12-17,22,26H,3,5-6,9-11,18-21H2,1-2H3,(H,30,34). The molecule has 1 amide bonds. The van der Waals surface area contributed by atoms with Crippen molar-refractivity contribution in [2.24, 2.45) is 0 Å². The van der Waals surface area contributed by atoms with Crippen molar-refractivity contribution in [2.75, 3.05) is 20.1 Å².